The van der Waals surface area contributed by atoms with Crippen molar-refractivity contribution in [1.29, 1.82) is 0 Å². The van der Waals surface area contributed by atoms with Gasteiger partial charge in [-0.05, 0) is 29.1 Å². The predicted octanol–water partition coefficient (Wildman–Crippen LogP) is 4.99. The molecule has 0 radical (unpaired) electrons. The van der Waals surface area contributed by atoms with Crippen molar-refractivity contribution in [1.82, 2.24) is 0 Å². The first-order valence-corrected chi connectivity index (χ1v) is 6.27. The third-order valence-corrected chi connectivity index (χ3v) is 4.84. The summed E-state index contributed by atoms with van der Waals surface area (Å²) in [5, 5.41) is 0. The Morgan fingerprint density at radius 1 is 0.786 bits per heavy atom. The van der Waals surface area contributed by atoms with Crippen LogP contribution in [-0.2, 0) is 0 Å². The molecule has 0 amide bonds. The lowest BCUT2D eigenvalue weighted by Crippen LogP contribution is -2.37. The second-order valence-electron chi connectivity index (χ2n) is 5.92. The van der Waals surface area contributed by atoms with Crippen LogP contribution in [0.4, 0.5) is 0 Å². The van der Waals surface area contributed by atoms with Gasteiger partial charge in [0.2, 0.25) is 0 Å². The Balaban J connectivity index is 4.78. The van der Waals surface area contributed by atoms with Crippen LogP contribution in [0.3, 0.4) is 0 Å². The van der Waals surface area contributed by atoms with Gasteiger partial charge in [0.1, 0.15) is 0 Å². The fourth-order valence-corrected chi connectivity index (χ4v) is 2.58. The summed E-state index contributed by atoms with van der Waals surface area (Å²) in [5.41, 5.74) is 0.502. The highest BCUT2D eigenvalue weighted by Gasteiger charge is 2.37. The molecule has 0 aliphatic carbocycles. The molecule has 0 heterocycles. The molecule has 86 valence electrons. The first-order chi connectivity index (χ1) is 6.27. The maximum absolute atomic E-state index is 2.47. The zero-order chi connectivity index (χ0) is 11.5. The van der Waals surface area contributed by atoms with Gasteiger partial charge in [-0.15, -0.1) is 0 Å². The van der Waals surface area contributed by atoms with Crippen LogP contribution in [0.1, 0.15) is 61.8 Å². The van der Waals surface area contributed by atoms with Crippen LogP contribution >= 0.6 is 0 Å². The SMILES string of the molecule is CCC(C)(C(C)C(C)C)C(C)C(C)C. The molecular weight excluding hydrogens is 168 g/mol. The summed E-state index contributed by atoms with van der Waals surface area (Å²) in [7, 11) is 0. The molecule has 2 unspecified atom stereocenters. The Morgan fingerprint density at radius 3 is 1.21 bits per heavy atom. The van der Waals surface area contributed by atoms with Crippen molar-refractivity contribution in [2.24, 2.45) is 29.1 Å². The third kappa shape index (κ3) is 2.74. The van der Waals surface area contributed by atoms with Crippen molar-refractivity contribution in [2.45, 2.75) is 61.8 Å². The van der Waals surface area contributed by atoms with E-state index in [4.69, 9.17) is 0 Å². The summed E-state index contributed by atoms with van der Waals surface area (Å²) >= 11 is 0. The van der Waals surface area contributed by atoms with Crippen LogP contribution in [0.25, 0.3) is 0 Å². The number of hydrogen-bond donors (Lipinski definition) is 0. The summed E-state index contributed by atoms with van der Waals surface area (Å²) in [6.07, 6.45) is 1.30. The summed E-state index contributed by atoms with van der Waals surface area (Å²) in [5.74, 6) is 3.21. The quantitative estimate of drug-likeness (QED) is 0.584. The minimum atomic E-state index is 0.502. The molecule has 0 aromatic carbocycles. The van der Waals surface area contributed by atoms with E-state index in [-0.39, 0.29) is 0 Å². The minimum absolute atomic E-state index is 0.502. The van der Waals surface area contributed by atoms with Crippen molar-refractivity contribution in [3.05, 3.63) is 0 Å². The maximum atomic E-state index is 2.47. The number of hydrogen-bond acceptors (Lipinski definition) is 0. The highest BCUT2D eigenvalue weighted by molar-refractivity contribution is 4.86. The predicted molar refractivity (Wildman–Crippen MR) is 66.4 cm³/mol. The molecule has 0 aliphatic heterocycles. The zero-order valence-corrected chi connectivity index (χ0v) is 11.5. The van der Waals surface area contributed by atoms with Crippen molar-refractivity contribution in [3.8, 4) is 0 Å². The first-order valence-electron chi connectivity index (χ1n) is 6.27. The van der Waals surface area contributed by atoms with Crippen LogP contribution in [-0.4, -0.2) is 0 Å². The van der Waals surface area contributed by atoms with Gasteiger partial charge in [-0.2, -0.15) is 0 Å². The van der Waals surface area contributed by atoms with Crippen molar-refractivity contribution in [2.75, 3.05) is 0 Å². The first kappa shape index (κ1) is 14.0. The Kier molecular flexibility index (Phi) is 5.19. The molecule has 0 aromatic rings. The molecule has 0 heteroatoms. The van der Waals surface area contributed by atoms with Gasteiger partial charge in [-0.1, -0.05) is 61.8 Å². The summed E-state index contributed by atoms with van der Waals surface area (Å²) < 4.78 is 0. The molecule has 0 bridgehead atoms. The molecular formula is C14H30. The molecule has 0 saturated heterocycles. The topological polar surface area (TPSA) is 0 Å². The summed E-state index contributed by atoms with van der Waals surface area (Å²) in [4.78, 5) is 0. The van der Waals surface area contributed by atoms with E-state index < -0.39 is 0 Å². The van der Waals surface area contributed by atoms with Crippen LogP contribution < -0.4 is 0 Å². The van der Waals surface area contributed by atoms with E-state index in [1.807, 2.05) is 0 Å². The highest BCUT2D eigenvalue weighted by atomic mass is 14.4. The van der Waals surface area contributed by atoms with Crippen LogP contribution in [0.5, 0.6) is 0 Å². The van der Waals surface area contributed by atoms with E-state index in [1.165, 1.54) is 6.42 Å². The molecule has 14 heavy (non-hydrogen) atoms. The molecule has 0 spiro atoms. The third-order valence-electron chi connectivity index (χ3n) is 4.84. The lowest BCUT2D eigenvalue weighted by molar-refractivity contribution is 0.0488. The Morgan fingerprint density at radius 2 is 1.07 bits per heavy atom. The van der Waals surface area contributed by atoms with Crippen molar-refractivity contribution >= 4 is 0 Å². The molecule has 0 rings (SSSR count). The van der Waals surface area contributed by atoms with E-state index in [0.717, 1.165) is 23.7 Å². The fourth-order valence-electron chi connectivity index (χ4n) is 2.58. The van der Waals surface area contributed by atoms with Gasteiger partial charge < -0.3 is 0 Å². The van der Waals surface area contributed by atoms with Crippen LogP contribution in [0, 0.1) is 29.1 Å². The van der Waals surface area contributed by atoms with E-state index in [9.17, 15) is 0 Å². The standard InChI is InChI=1S/C14H30/c1-9-14(8,12(6)10(2)3)13(7)11(4)5/h10-13H,9H2,1-8H3. The Bertz CT molecular complexity index is 141. The van der Waals surface area contributed by atoms with E-state index in [2.05, 4.69) is 55.4 Å². The highest BCUT2D eigenvalue weighted by Crippen LogP contribution is 2.45. The zero-order valence-electron chi connectivity index (χ0n) is 11.5. The van der Waals surface area contributed by atoms with Crippen LogP contribution in [0.15, 0.2) is 0 Å². The van der Waals surface area contributed by atoms with Crippen LogP contribution in [0.2, 0.25) is 0 Å². The summed E-state index contributed by atoms with van der Waals surface area (Å²) in [6, 6.07) is 0. The van der Waals surface area contributed by atoms with E-state index in [1.54, 1.807) is 0 Å². The minimum Gasteiger partial charge on any atom is -0.0648 e. The van der Waals surface area contributed by atoms with E-state index >= 15 is 0 Å². The molecule has 0 aromatic heterocycles. The van der Waals surface area contributed by atoms with Crippen molar-refractivity contribution < 1.29 is 0 Å². The average Bonchev–Trinajstić information content (AvgIpc) is 2.13. The second kappa shape index (κ2) is 5.19. The van der Waals surface area contributed by atoms with Crippen molar-refractivity contribution in [3.63, 3.8) is 0 Å². The molecule has 0 saturated carbocycles. The average molecular weight is 198 g/mol. The van der Waals surface area contributed by atoms with Gasteiger partial charge in [0, 0.05) is 0 Å². The largest absolute Gasteiger partial charge is 0.0648 e. The van der Waals surface area contributed by atoms with Gasteiger partial charge >= 0.3 is 0 Å². The molecule has 2 atom stereocenters. The molecule has 0 fully saturated rings. The van der Waals surface area contributed by atoms with Gasteiger partial charge in [0.15, 0.2) is 0 Å². The molecule has 0 N–H and O–H groups in total. The van der Waals surface area contributed by atoms with Gasteiger partial charge in [0.25, 0.3) is 0 Å². The maximum Gasteiger partial charge on any atom is -0.0272 e. The van der Waals surface area contributed by atoms with Gasteiger partial charge in [0.05, 0.1) is 0 Å². The lowest BCUT2D eigenvalue weighted by atomic mass is 9.61. The second-order valence-corrected chi connectivity index (χ2v) is 5.92. The normalized spacial score (nSPS) is 21.0. The molecule has 0 aliphatic rings. The monoisotopic (exact) mass is 198 g/mol. The Labute approximate surface area is 91.5 Å². The number of rotatable bonds is 5. The van der Waals surface area contributed by atoms with Gasteiger partial charge in [-0.25, -0.2) is 0 Å². The van der Waals surface area contributed by atoms with E-state index in [0.29, 0.717) is 5.41 Å². The molecule has 0 nitrogen and oxygen atoms in total. The van der Waals surface area contributed by atoms with Gasteiger partial charge in [-0.3, -0.25) is 0 Å². The smallest absolute Gasteiger partial charge is 0.0272 e. The lowest BCUT2D eigenvalue weighted by Gasteiger charge is -2.44. The fraction of sp³-hybridized carbons (Fsp3) is 1.00. The Hall–Kier alpha value is 0. The summed E-state index contributed by atoms with van der Waals surface area (Å²) in [6.45, 7) is 19.1.